The first-order chi connectivity index (χ1) is 7.24. The summed E-state index contributed by atoms with van der Waals surface area (Å²) in [7, 11) is 0. The number of ether oxygens (including phenoxy) is 1. The lowest BCUT2D eigenvalue weighted by Gasteiger charge is -2.18. The number of hydrogen-bond donors (Lipinski definition) is 1. The quantitative estimate of drug-likeness (QED) is 0.674. The van der Waals surface area contributed by atoms with Crippen molar-refractivity contribution in [3.8, 4) is 5.75 Å². The van der Waals surface area contributed by atoms with Crippen LogP contribution in [-0.2, 0) is 0 Å². The van der Waals surface area contributed by atoms with E-state index in [2.05, 4.69) is 4.74 Å². The van der Waals surface area contributed by atoms with E-state index in [1.807, 2.05) is 0 Å². The molecule has 1 aromatic rings. The monoisotopic (exact) mass is 277 g/mol. The molecule has 0 radical (unpaired) electrons. The lowest BCUT2D eigenvalue weighted by molar-refractivity contribution is -0.253. The van der Waals surface area contributed by atoms with Crippen LogP contribution in [-0.4, -0.2) is 12.5 Å². The van der Waals surface area contributed by atoms with Crippen molar-refractivity contribution in [3.05, 3.63) is 22.2 Å². The fraction of sp³-hybridized carbons (Fsp3) is 0.250. The van der Waals surface area contributed by atoms with Crippen LogP contribution in [0.1, 0.15) is 0 Å². The van der Waals surface area contributed by atoms with Gasteiger partial charge in [-0.05, 0) is 6.07 Å². The van der Waals surface area contributed by atoms with Gasteiger partial charge in [-0.3, -0.25) is 0 Å². The highest BCUT2D eigenvalue weighted by Gasteiger charge is 2.44. The molecular weight excluding hydrogens is 273 g/mol. The van der Waals surface area contributed by atoms with Gasteiger partial charge in [-0.25, -0.2) is 0 Å². The molecule has 90 valence electrons. The Morgan fingerprint density at radius 2 is 1.75 bits per heavy atom. The normalized spacial score (nSPS) is 11.9. The Hall–Kier alpha value is -0.880. The molecule has 2 nitrogen and oxygen atoms in total. The molecule has 0 saturated carbocycles. The number of rotatable bonds is 3. The second-order valence-corrected chi connectivity index (χ2v) is 3.58. The van der Waals surface area contributed by atoms with Crippen molar-refractivity contribution in [2.75, 3.05) is 5.73 Å². The lowest BCUT2D eigenvalue weighted by atomic mass is 10.3. The number of halogens is 6. The van der Waals surface area contributed by atoms with Crippen molar-refractivity contribution in [2.24, 2.45) is 0 Å². The van der Waals surface area contributed by atoms with E-state index >= 15 is 0 Å². The van der Waals surface area contributed by atoms with E-state index < -0.39 is 18.3 Å². The second-order valence-electron chi connectivity index (χ2n) is 2.77. The molecule has 0 aromatic heterocycles. The van der Waals surface area contributed by atoms with E-state index in [9.17, 15) is 17.6 Å². The number of benzene rings is 1. The Labute approximate surface area is 97.9 Å². The molecule has 0 bridgehead atoms. The maximum atomic E-state index is 12.5. The van der Waals surface area contributed by atoms with Crippen LogP contribution in [0.25, 0.3) is 0 Å². The van der Waals surface area contributed by atoms with Crippen molar-refractivity contribution in [1.29, 1.82) is 0 Å². The summed E-state index contributed by atoms with van der Waals surface area (Å²) in [6, 6.07) is 1.87. The summed E-state index contributed by atoms with van der Waals surface area (Å²) in [5, 5.41) is -0.452. The van der Waals surface area contributed by atoms with E-state index in [4.69, 9.17) is 28.9 Å². The Morgan fingerprint density at radius 3 is 2.25 bits per heavy atom. The summed E-state index contributed by atoms with van der Waals surface area (Å²) in [6.07, 6.45) is -8.61. The van der Waals surface area contributed by atoms with Gasteiger partial charge < -0.3 is 10.5 Å². The van der Waals surface area contributed by atoms with E-state index in [1.54, 1.807) is 0 Å². The van der Waals surface area contributed by atoms with Crippen LogP contribution >= 0.6 is 23.2 Å². The second kappa shape index (κ2) is 4.55. The highest BCUT2D eigenvalue weighted by molar-refractivity contribution is 6.36. The van der Waals surface area contributed by atoms with Gasteiger partial charge in [0.15, 0.2) is 0 Å². The highest BCUT2D eigenvalue weighted by atomic mass is 35.5. The molecule has 0 amide bonds. The number of nitrogens with two attached hydrogens (primary N) is 1. The first-order valence-electron chi connectivity index (χ1n) is 3.83. The molecule has 0 aliphatic rings. The Balaban J connectivity index is 3.02. The van der Waals surface area contributed by atoms with E-state index in [0.717, 1.165) is 12.1 Å². The van der Waals surface area contributed by atoms with Crippen LogP contribution in [0.15, 0.2) is 12.1 Å². The standard InChI is InChI=1S/C8H5Cl2F4NO/c9-3-2-6(4(10)1-5(3)15)16-8(13,14)7(11)12/h1-2,7H,15H2. The summed E-state index contributed by atoms with van der Waals surface area (Å²) in [6.45, 7) is 0. The maximum absolute atomic E-state index is 12.5. The topological polar surface area (TPSA) is 35.2 Å². The molecule has 8 heteroatoms. The lowest BCUT2D eigenvalue weighted by Crippen LogP contribution is -2.33. The summed E-state index contributed by atoms with van der Waals surface area (Å²) in [4.78, 5) is 0. The molecular formula is C8H5Cl2F4NO. The van der Waals surface area contributed by atoms with Gasteiger partial charge in [0.2, 0.25) is 0 Å². The van der Waals surface area contributed by atoms with Crippen LogP contribution in [0.2, 0.25) is 10.0 Å². The first-order valence-corrected chi connectivity index (χ1v) is 4.59. The average molecular weight is 278 g/mol. The van der Waals surface area contributed by atoms with Crippen molar-refractivity contribution in [1.82, 2.24) is 0 Å². The van der Waals surface area contributed by atoms with Crippen molar-refractivity contribution >= 4 is 28.9 Å². The van der Waals surface area contributed by atoms with Gasteiger partial charge in [0.05, 0.1) is 15.7 Å². The van der Waals surface area contributed by atoms with Gasteiger partial charge in [0, 0.05) is 6.07 Å². The highest BCUT2D eigenvalue weighted by Crippen LogP contribution is 2.36. The maximum Gasteiger partial charge on any atom is 0.461 e. The molecule has 0 heterocycles. The molecule has 0 aliphatic heterocycles. The number of nitrogen functional groups attached to an aromatic ring is 1. The van der Waals surface area contributed by atoms with Crippen LogP contribution in [0.4, 0.5) is 23.2 Å². The molecule has 0 fully saturated rings. The van der Waals surface area contributed by atoms with Gasteiger partial charge >= 0.3 is 12.5 Å². The molecule has 1 aromatic carbocycles. The number of anilines is 1. The predicted octanol–water partition coefficient (Wildman–Crippen LogP) is 3.81. The number of alkyl halides is 4. The average Bonchev–Trinajstić information content (AvgIpc) is 2.13. The largest absolute Gasteiger partial charge is 0.461 e. The van der Waals surface area contributed by atoms with E-state index in [-0.39, 0.29) is 15.7 Å². The van der Waals surface area contributed by atoms with E-state index in [0.29, 0.717) is 0 Å². The van der Waals surface area contributed by atoms with Gasteiger partial charge in [-0.1, -0.05) is 23.2 Å². The minimum absolute atomic E-state index is 0.0272. The molecule has 0 unspecified atom stereocenters. The molecule has 0 aliphatic carbocycles. The van der Waals surface area contributed by atoms with Gasteiger partial charge in [-0.15, -0.1) is 0 Å². The minimum atomic E-state index is -4.64. The molecule has 2 N–H and O–H groups in total. The molecule has 0 saturated heterocycles. The fourth-order valence-corrected chi connectivity index (χ4v) is 1.18. The van der Waals surface area contributed by atoms with Gasteiger partial charge in [-0.2, -0.15) is 17.6 Å². The van der Waals surface area contributed by atoms with Gasteiger partial charge in [0.25, 0.3) is 0 Å². The minimum Gasteiger partial charge on any atom is -0.427 e. The summed E-state index contributed by atoms with van der Waals surface area (Å²) < 4.78 is 52.5. The Morgan fingerprint density at radius 1 is 1.19 bits per heavy atom. The third-order valence-electron chi connectivity index (χ3n) is 1.55. The van der Waals surface area contributed by atoms with Gasteiger partial charge in [0.1, 0.15) is 5.75 Å². The summed E-state index contributed by atoms with van der Waals surface area (Å²) in [5.41, 5.74) is 5.33. The summed E-state index contributed by atoms with van der Waals surface area (Å²) in [5.74, 6) is -0.661. The third-order valence-corrected chi connectivity index (χ3v) is 2.17. The van der Waals surface area contributed by atoms with Crippen molar-refractivity contribution in [2.45, 2.75) is 12.5 Å². The van der Waals surface area contributed by atoms with Crippen LogP contribution in [0.3, 0.4) is 0 Å². The zero-order chi connectivity index (χ0) is 12.5. The molecule has 16 heavy (non-hydrogen) atoms. The van der Waals surface area contributed by atoms with E-state index in [1.165, 1.54) is 0 Å². The molecule has 0 spiro atoms. The molecule has 0 atom stereocenters. The zero-order valence-corrected chi connectivity index (χ0v) is 9.00. The van der Waals surface area contributed by atoms with Crippen LogP contribution in [0, 0.1) is 0 Å². The van der Waals surface area contributed by atoms with Crippen molar-refractivity contribution in [3.63, 3.8) is 0 Å². The number of hydrogen-bond acceptors (Lipinski definition) is 2. The third kappa shape index (κ3) is 2.82. The van der Waals surface area contributed by atoms with Crippen LogP contribution in [0.5, 0.6) is 5.75 Å². The van der Waals surface area contributed by atoms with Crippen LogP contribution < -0.4 is 10.5 Å². The Bertz CT molecular complexity index is 400. The fourth-order valence-electron chi connectivity index (χ4n) is 0.813. The zero-order valence-electron chi connectivity index (χ0n) is 7.49. The smallest absolute Gasteiger partial charge is 0.427 e. The first kappa shape index (κ1) is 13.2. The Kier molecular flexibility index (Phi) is 3.75. The predicted molar refractivity (Wildman–Crippen MR) is 52.5 cm³/mol. The molecule has 1 rings (SSSR count). The SMILES string of the molecule is Nc1cc(Cl)c(OC(F)(F)C(F)F)cc1Cl. The summed E-state index contributed by atoms with van der Waals surface area (Å²) >= 11 is 11.0. The van der Waals surface area contributed by atoms with Crippen molar-refractivity contribution < 1.29 is 22.3 Å².